The molecule has 1 aliphatic rings. The van der Waals surface area contributed by atoms with E-state index >= 15 is 0 Å². The fraction of sp³-hybridized carbons (Fsp3) is 0.167. The van der Waals surface area contributed by atoms with Crippen molar-refractivity contribution < 1.29 is 19.0 Å². The van der Waals surface area contributed by atoms with E-state index in [1.54, 1.807) is 25.3 Å². The lowest BCUT2D eigenvalue weighted by atomic mass is 9.61. The van der Waals surface area contributed by atoms with E-state index in [1.165, 1.54) is 7.11 Å². The minimum atomic E-state index is -0.427. The molecule has 0 aromatic heterocycles. The zero-order valence-corrected chi connectivity index (χ0v) is 13.6. The Bertz CT molecular complexity index is 775. The van der Waals surface area contributed by atoms with Crippen LogP contribution in [0.4, 0.5) is 5.69 Å². The van der Waals surface area contributed by atoms with Gasteiger partial charge in [0.2, 0.25) is 0 Å². The second kappa shape index (κ2) is 7.13. The zero-order valence-electron chi connectivity index (χ0n) is 13.6. The summed E-state index contributed by atoms with van der Waals surface area (Å²) in [7, 11) is 3.07. The van der Waals surface area contributed by atoms with Gasteiger partial charge in [-0.25, -0.2) is 4.79 Å². The van der Waals surface area contributed by atoms with Crippen molar-refractivity contribution in [2.75, 3.05) is 26.0 Å². The van der Waals surface area contributed by atoms with Gasteiger partial charge >= 0.3 is 12.8 Å². The maximum Gasteiger partial charge on any atom is 0.341 e. The molecule has 0 spiro atoms. The Morgan fingerprint density at radius 3 is 2.75 bits per heavy atom. The summed E-state index contributed by atoms with van der Waals surface area (Å²) in [6.45, 7) is 0.173. The Balaban J connectivity index is 1.65. The topological polar surface area (TPSA) is 56.8 Å². The fourth-order valence-electron chi connectivity index (χ4n) is 2.55. The normalized spacial score (nSPS) is 12.2. The molecule has 2 aromatic carbocycles. The largest absolute Gasteiger partial charge is 0.497 e. The third-order valence-corrected chi connectivity index (χ3v) is 3.83. The summed E-state index contributed by atoms with van der Waals surface area (Å²) in [5.41, 5.74) is 2.53. The molecule has 0 saturated carbocycles. The summed E-state index contributed by atoms with van der Waals surface area (Å²) in [5, 5.41) is 3.34. The van der Waals surface area contributed by atoms with Crippen LogP contribution < -0.4 is 14.7 Å². The number of esters is 1. The highest BCUT2D eigenvalue weighted by molar-refractivity contribution is 6.69. The van der Waals surface area contributed by atoms with Crippen LogP contribution in [0.15, 0.2) is 48.4 Å². The smallest absolute Gasteiger partial charge is 0.341 e. The molecule has 0 fully saturated rings. The van der Waals surface area contributed by atoms with Gasteiger partial charge in [0.1, 0.15) is 17.1 Å². The molecule has 0 atom stereocenters. The van der Waals surface area contributed by atoms with Crippen molar-refractivity contribution in [3.8, 4) is 11.5 Å². The van der Waals surface area contributed by atoms with Crippen molar-refractivity contribution in [1.29, 1.82) is 0 Å². The maximum absolute atomic E-state index is 12.3. The number of ether oxygens (including phenoxy) is 3. The van der Waals surface area contributed by atoms with Crippen LogP contribution in [0.25, 0.3) is 6.08 Å². The third-order valence-electron chi connectivity index (χ3n) is 3.83. The molecule has 2 aromatic rings. The molecular weight excluding hydrogens is 305 g/mol. The van der Waals surface area contributed by atoms with Crippen LogP contribution in [0.2, 0.25) is 0 Å². The number of hydrogen-bond donors (Lipinski definition) is 1. The number of nitrogens with one attached hydrogen (secondary N) is 1. The standard InChI is InChI=1S/C18H18BNO4/c1-22-14-7-8-15(17(11-14)23-2)18(21)24-12-19-10-9-13-5-3-4-6-16(13)20-19/h3-11,20H,12H2,1-2H3. The van der Waals surface area contributed by atoms with Gasteiger partial charge in [-0.1, -0.05) is 30.3 Å². The van der Waals surface area contributed by atoms with Crippen LogP contribution in [0.3, 0.4) is 0 Å². The Morgan fingerprint density at radius 2 is 1.96 bits per heavy atom. The Morgan fingerprint density at radius 1 is 1.12 bits per heavy atom. The van der Waals surface area contributed by atoms with E-state index in [1.807, 2.05) is 36.3 Å². The quantitative estimate of drug-likeness (QED) is 0.677. The number of hydrogen-bond acceptors (Lipinski definition) is 5. The minimum absolute atomic E-state index is 0.0620. The molecule has 3 rings (SSSR count). The van der Waals surface area contributed by atoms with Crippen molar-refractivity contribution >= 4 is 24.6 Å². The summed E-state index contributed by atoms with van der Waals surface area (Å²) in [5.74, 6) is 2.61. The van der Waals surface area contributed by atoms with E-state index in [4.69, 9.17) is 14.2 Å². The van der Waals surface area contributed by atoms with Crippen LogP contribution in [0.5, 0.6) is 11.5 Å². The predicted molar refractivity (Wildman–Crippen MR) is 94.7 cm³/mol. The first-order chi connectivity index (χ1) is 11.7. The van der Waals surface area contributed by atoms with Gasteiger partial charge in [0.05, 0.1) is 20.7 Å². The molecule has 0 radical (unpaired) electrons. The van der Waals surface area contributed by atoms with Gasteiger partial charge in [-0.2, -0.15) is 0 Å². The summed E-state index contributed by atoms with van der Waals surface area (Å²) in [6.07, 6.45) is 2.03. The lowest BCUT2D eigenvalue weighted by molar-refractivity contribution is 0.0565. The molecule has 0 aliphatic carbocycles. The van der Waals surface area contributed by atoms with Gasteiger partial charge in [-0.3, -0.25) is 0 Å². The lowest BCUT2D eigenvalue weighted by Gasteiger charge is -2.19. The van der Waals surface area contributed by atoms with Crippen molar-refractivity contribution in [2.24, 2.45) is 0 Å². The SMILES string of the molecule is COc1ccc(C(=O)OCB2C=Cc3ccccc3N2)c(OC)c1. The van der Waals surface area contributed by atoms with E-state index in [-0.39, 0.29) is 13.4 Å². The molecule has 1 aliphatic heterocycles. The van der Waals surface area contributed by atoms with E-state index < -0.39 is 5.97 Å². The molecule has 0 saturated heterocycles. The lowest BCUT2D eigenvalue weighted by Crippen LogP contribution is -2.32. The summed E-state index contributed by atoms with van der Waals surface area (Å²) >= 11 is 0. The number of benzene rings is 2. The number of methoxy groups -OCH3 is 2. The second-order valence-corrected chi connectivity index (χ2v) is 5.36. The highest BCUT2D eigenvalue weighted by Gasteiger charge is 2.21. The Labute approximate surface area is 141 Å². The molecular formula is C18H18BNO4. The molecule has 0 bridgehead atoms. The monoisotopic (exact) mass is 323 g/mol. The van der Waals surface area contributed by atoms with Gasteiger partial charge in [-0.05, 0) is 23.8 Å². The zero-order chi connectivity index (χ0) is 16.9. The number of fused-ring (bicyclic) bond motifs is 1. The highest BCUT2D eigenvalue weighted by atomic mass is 16.5. The van der Waals surface area contributed by atoms with E-state index in [0.717, 1.165) is 11.3 Å². The van der Waals surface area contributed by atoms with Crippen LogP contribution in [0.1, 0.15) is 15.9 Å². The average molecular weight is 323 g/mol. The van der Waals surface area contributed by atoms with Gasteiger partial charge in [0, 0.05) is 11.8 Å². The average Bonchev–Trinajstić information content (AvgIpc) is 2.65. The van der Waals surface area contributed by atoms with Crippen molar-refractivity contribution in [3.63, 3.8) is 0 Å². The summed E-state index contributed by atoms with van der Waals surface area (Å²) in [4.78, 5) is 12.3. The molecule has 6 heteroatoms. The molecule has 1 heterocycles. The molecule has 122 valence electrons. The fourth-order valence-corrected chi connectivity index (χ4v) is 2.55. The molecule has 24 heavy (non-hydrogen) atoms. The van der Waals surface area contributed by atoms with Gasteiger partial charge in [-0.15, -0.1) is 0 Å². The first kappa shape index (κ1) is 16.0. The van der Waals surface area contributed by atoms with Crippen molar-refractivity contribution in [1.82, 2.24) is 0 Å². The van der Waals surface area contributed by atoms with Gasteiger partial charge in [0.25, 0.3) is 0 Å². The first-order valence-corrected chi connectivity index (χ1v) is 7.64. The molecule has 5 nitrogen and oxygen atoms in total. The number of anilines is 1. The second-order valence-electron chi connectivity index (χ2n) is 5.36. The number of carbonyl (C=O) groups is 1. The Hall–Kier alpha value is -2.89. The minimum Gasteiger partial charge on any atom is -0.497 e. The van der Waals surface area contributed by atoms with Gasteiger partial charge in [0.15, 0.2) is 0 Å². The Kier molecular flexibility index (Phi) is 4.75. The number of carbonyl (C=O) groups excluding carboxylic acids is 1. The summed E-state index contributed by atoms with van der Waals surface area (Å²) in [6, 6.07) is 13.0. The predicted octanol–water partition coefficient (Wildman–Crippen LogP) is 3.07. The number of para-hydroxylation sites is 1. The van der Waals surface area contributed by atoms with Gasteiger partial charge < -0.3 is 19.4 Å². The maximum atomic E-state index is 12.3. The van der Waals surface area contributed by atoms with E-state index in [9.17, 15) is 4.79 Å². The van der Waals surface area contributed by atoms with Crippen LogP contribution in [0, 0.1) is 0 Å². The van der Waals surface area contributed by atoms with Crippen molar-refractivity contribution in [3.05, 3.63) is 59.6 Å². The van der Waals surface area contributed by atoms with Crippen LogP contribution in [-0.4, -0.2) is 33.5 Å². The third kappa shape index (κ3) is 3.37. The van der Waals surface area contributed by atoms with E-state index in [2.05, 4.69) is 5.23 Å². The van der Waals surface area contributed by atoms with Crippen molar-refractivity contribution in [2.45, 2.75) is 0 Å². The van der Waals surface area contributed by atoms with Crippen LogP contribution in [-0.2, 0) is 4.74 Å². The summed E-state index contributed by atoms with van der Waals surface area (Å²) < 4.78 is 15.8. The molecule has 0 amide bonds. The molecule has 0 unspecified atom stereocenters. The first-order valence-electron chi connectivity index (χ1n) is 7.64. The van der Waals surface area contributed by atoms with Crippen LogP contribution >= 0.6 is 0 Å². The highest BCUT2D eigenvalue weighted by Crippen LogP contribution is 2.25. The van der Waals surface area contributed by atoms with E-state index in [0.29, 0.717) is 17.1 Å². The molecule has 1 N–H and O–H groups in total. The number of rotatable bonds is 5.